The molecule has 0 N–H and O–H groups in total. The number of nitro benzene ring substituents is 2. The van der Waals surface area contributed by atoms with Crippen molar-refractivity contribution in [1.29, 1.82) is 0 Å². The van der Waals surface area contributed by atoms with Crippen molar-refractivity contribution in [3.8, 4) is 0 Å². The third kappa shape index (κ3) is 4.13. The molecule has 188 valence electrons. The third-order valence-corrected chi connectivity index (χ3v) is 7.30. The molecule has 6 rings (SSSR count). The van der Waals surface area contributed by atoms with Crippen molar-refractivity contribution in [2.24, 2.45) is 4.99 Å². The average molecular weight is 571 g/mol. The predicted molar refractivity (Wildman–Crippen MR) is 146 cm³/mol. The molecule has 0 bridgehead atoms. The second-order valence-electron chi connectivity index (χ2n) is 8.95. The SMILES string of the molecule is O=[N+]([O-])c1ccc([C@@H]2O[C@H]3C(c4ccc(Br)cc4)=Nc4ccccc4N3[C@H]2c2ccc([N+](=O)[O-])cc2)cc1. The quantitative estimate of drug-likeness (QED) is 0.188. The van der Waals surface area contributed by atoms with Gasteiger partial charge in [0.2, 0.25) is 0 Å². The van der Waals surface area contributed by atoms with E-state index >= 15 is 0 Å². The van der Waals surface area contributed by atoms with Crippen molar-refractivity contribution < 1.29 is 14.6 Å². The van der Waals surface area contributed by atoms with Gasteiger partial charge >= 0.3 is 0 Å². The molecular weight excluding hydrogens is 552 g/mol. The Balaban J connectivity index is 1.52. The minimum absolute atomic E-state index is 0.00717. The van der Waals surface area contributed by atoms with E-state index in [1.807, 2.05) is 48.5 Å². The van der Waals surface area contributed by atoms with Gasteiger partial charge in [0.15, 0.2) is 6.23 Å². The van der Waals surface area contributed by atoms with Crippen LogP contribution in [0, 0.1) is 20.2 Å². The minimum atomic E-state index is -0.563. The molecule has 0 aromatic heterocycles. The van der Waals surface area contributed by atoms with Gasteiger partial charge in [-0.15, -0.1) is 0 Å². The highest BCUT2D eigenvalue weighted by Crippen LogP contribution is 2.52. The molecule has 10 heteroatoms. The Hall–Kier alpha value is -4.41. The first-order chi connectivity index (χ1) is 18.4. The molecule has 0 radical (unpaired) electrons. The predicted octanol–water partition coefficient (Wildman–Crippen LogP) is 7.05. The summed E-state index contributed by atoms with van der Waals surface area (Å²) in [7, 11) is 0. The normalized spacial score (nSPS) is 19.9. The van der Waals surface area contributed by atoms with Crippen molar-refractivity contribution >= 4 is 44.4 Å². The van der Waals surface area contributed by atoms with E-state index in [1.54, 1.807) is 24.3 Å². The lowest BCUT2D eigenvalue weighted by atomic mass is 9.93. The Kier molecular flexibility index (Phi) is 5.97. The maximum absolute atomic E-state index is 11.3. The van der Waals surface area contributed by atoms with Crippen LogP contribution in [0.15, 0.2) is 107 Å². The Bertz CT molecular complexity index is 1570. The lowest BCUT2D eigenvalue weighted by Gasteiger charge is -2.35. The smallest absolute Gasteiger partial charge is 0.269 e. The number of benzene rings is 4. The largest absolute Gasteiger partial charge is 0.342 e. The number of anilines is 1. The number of fused-ring (bicyclic) bond motifs is 3. The zero-order chi connectivity index (χ0) is 26.4. The number of para-hydroxylation sites is 2. The molecule has 0 aliphatic carbocycles. The van der Waals surface area contributed by atoms with Crippen molar-refractivity contribution in [3.63, 3.8) is 0 Å². The van der Waals surface area contributed by atoms with Crippen LogP contribution in [-0.2, 0) is 4.74 Å². The summed E-state index contributed by atoms with van der Waals surface area (Å²) in [5, 5.41) is 22.6. The summed E-state index contributed by atoms with van der Waals surface area (Å²) in [5.41, 5.74) is 4.81. The summed E-state index contributed by atoms with van der Waals surface area (Å²) in [4.78, 5) is 28.8. The van der Waals surface area contributed by atoms with Gasteiger partial charge in [-0.3, -0.25) is 20.2 Å². The van der Waals surface area contributed by atoms with Gasteiger partial charge in [-0.05, 0) is 47.5 Å². The maximum Gasteiger partial charge on any atom is 0.269 e. The summed E-state index contributed by atoms with van der Waals surface area (Å²) in [6, 6.07) is 28.0. The number of hydrogen-bond acceptors (Lipinski definition) is 7. The fourth-order valence-electron chi connectivity index (χ4n) is 5.01. The molecule has 9 nitrogen and oxygen atoms in total. The molecule has 1 saturated heterocycles. The molecule has 4 aromatic rings. The second kappa shape index (κ2) is 9.47. The van der Waals surface area contributed by atoms with E-state index in [0.29, 0.717) is 0 Å². The summed E-state index contributed by atoms with van der Waals surface area (Å²) < 4.78 is 7.67. The maximum atomic E-state index is 11.3. The van der Waals surface area contributed by atoms with Crippen LogP contribution in [0.1, 0.15) is 28.8 Å². The highest BCUT2D eigenvalue weighted by atomic mass is 79.9. The zero-order valence-electron chi connectivity index (χ0n) is 19.7. The number of ether oxygens (including phenoxy) is 1. The molecule has 2 aliphatic heterocycles. The van der Waals surface area contributed by atoms with E-state index in [1.165, 1.54) is 24.3 Å². The minimum Gasteiger partial charge on any atom is -0.342 e. The Labute approximate surface area is 225 Å². The van der Waals surface area contributed by atoms with Crippen molar-refractivity contribution in [3.05, 3.63) is 138 Å². The van der Waals surface area contributed by atoms with Crippen LogP contribution in [0.2, 0.25) is 0 Å². The summed E-state index contributed by atoms with van der Waals surface area (Å²) in [6.07, 6.45) is -1.10. The van der Waals surface area contributed by atoms with E-state index < -0.39 is 22.2 Å². The first-order valence-corrected chi connectivity index (χ1v) is 12.6. The second-order valence-corrected chi connectivity index (χ2v) is 9.87. The molecule has 2 aliphatic rings. The standard InChI is InChI=1S/C28H19BrN4O5/c29-20-11-5-17(6-12-20)25-28-31(24-4-2-1-3-23(24)30-25)26(18-7-13-21(14-8-18)32(34)35)27(38-28)19-9-15-22(16-10-19)33(36)37/h1-16,26-28H/t26-,27-,28-/m0/s1. The van der Waals surface area contributed by atoms with Gasteiger partial charge in [-0.2, -0.15) is 0 Å². The van der Waals surface area contributed by atoms with Crippen LogP contribution in [0.3, 0.4) is 0 Å². The Morgan fingerprint density at radius 1 is 0.763 bits per heavy atom. The molecule has 4 aromatic carbocycles. The van der Waals surface area contributed by atoms with Crippen molar-refractivity contribution in [1.82, 2.24) is 0 Å². The van der Waals surface area contributed by atoms with E-state index in [9.17, 15) is 20.2 Å². The van der Waals surface area contributed by atoms with Crippen molar-refractivity contribution in [2.45, 2.75) is 18.4 Å². The molecule has 0 saturated carbocycles. The van der Waals surface area contributed by atoms with E-state index in [-0.39, 0.29) is 17.4 Å². The highest BCUT2D eigenvalue weighted by Gasteiger charge is 2.48. The van der Waals surface area contributed by atoms with Gasteiger partial charge in [-0.1, -0.05) is 52.3 Å². The zero-order valence-corrected chi connectivity index (χ0v) is 21.3. The third-order valence-electron chi connectivity index (χ3n) is 6.77. The Morgan fingerprint density at radius 2 is 1.34 bits per heavy atom. The van der Waals surface area contributed by atoms with Gasteiger partial charge in [0.25, 0.3) is 11.4 Å². The van der Waals surface area contributed by atoms with Gasteiger partial charge in [-0.25, -0.2) is 4.99 Å². The fourth-order valence-corrected chi connectivity index (χ4v) is 5.27. The number of nitrogens with zero attached hydrogens (tertiary/aromatic N) is 4. The number of rotatable bonds is 5. The van der Waals surface area contributed by atoms with E-state index in [4.69, 9.17) is 9.73 Å². The monoisotopic (exact) mass is 570 g/mol. The van der Waals surface area contributed by atoms with Crippen LogP contribution in [0.25, 0.3) is 0 Å². The number of nitro groups is 2. The van der Waals surface area contributed by atoms with E-state index in [2.05, 4.69) is 20.8 Å². The van der Waals surface area contributed by atoms with Crippen LogP contribution in [0.4, 0.5) is 22.7 Å². The summed E-state index contributed by atoms with van der Waals surface area (Å²) in [5.74, 6) is 0. The number of aliphatic imine (C=N–C) groups is 1. The molecule has 38 heavy (non-hydrogen) atoms. The molecule has 1 fully saturated rings. The van der Waals surface area contributed by atoms with Crippen LogP contribution in [0.5, 0.6) is 0 Å². The van der Waals surface area contributed by atoms with Crippen molar-refractivity contribution in [2.75, 3.05) is 4.90 Å². The summed E-state index contributed by atoms with van der Waals surface area (Å²) >= 11 is 3.49. The molecule has 0 amide bonds. The number of hydrogen-bond donors (Lipinski definition) is 0. The lowest BCUT2D eigenvalue weighted by molar-refractivity contribution is -0.385. The number of halogens is 1. The molecule has 0 unspecified atom stereocenters. The van der Waals surface area contributed by atoms with Gasteiger partial charge in [0.05, 0.1) is 33.0 Å². The van der Waals surface area contributed by atoms with Gasteiger partial charge in [0, 0.05) is 34.3 Å². The first kappa shape index (κ1) is 24.0. The fraction of sp³-hybridized carbons (Fsp3) is 0.107. The summed E-state index contributed by atoms with van der Waals surface area (Å²) in [6.45, 7) is 0. The van der Waals surface area contributed by atoms with Crippen LogP contribution >= 0.6 is 15.9 Å². The van der Waals surface area contributed by atoms with Crippen LogP contribution in [-0.4, -0.2) is 21.8 Å². The molecular formula is C28H19BrN4O5. The molecule has 0 spiro atoms. The Morgan fingerprint density at radius 3 is 1.95 bits per heavy atom. The molecule has 2 heterocycles. The number of non-ortho nitro benzene ring substituents is 2. The topological polar surface area (TPSA) is 111 Å². The lowest BCUT2D eigenvalue weighted by Crippen LogP contribution is -2.41. The first-order valence-electron chi connectivity index (χ1n) is 11.8. The highest BCUT2D eigenvalue weighted by molar-refractivity contribution is 9.10. The van der Waals surface area contributed by atoms with Crippen LogP contribution < -0.4 is 4.90 Å². The van der Waals surface area contributed by atoms with Gasteiger partial charge < -0.3 is 9.64 Å². The van der Waals surface area contributed by atoms with E-state index in [0.717, 1.165) is 38.2 Å². The molecule has 3 atom stereocenters. The average Bonchev–Trinajstić information content (AvgIpc) is 3.34. The van der Waals surface area contributed by atoms with Gasteiger partial charge in [0.1, 0.15) is 6.10 Å².